The summed E-state index contributed by atoms with van der Waals surface area (Å²) in [6.07, 6.45) is 3.26. The minimum atomic E-state index is -4.31. The first-order valence-electron chi connectivity index (χ1n) is 4.45. The minimum Gasteiger partial charge on any atom is -0.379 e. The van der Waals surface area contributed by atoms with Crippen LogP contribution in [-0.4, -0.2) is 43.3 Å². The number of rotatable bonds is 8. The Labute approximate surface area is 79.4 Å². The minimum absolute atomic E-state index is 0.0157. The Balaban J connectivity index is 3.00. The number of unbranched alkanes of at least 4 members (excludes halogenated alkanes) is 2. The van der Waals surface area contributed by atoms with Gasteiger partial charge in [-0.2, -0.15) is 0 Å². The van der Waals surface area contributed by atoms with Crippen molar-refractivity contribution in [3.8, 4) is 0 Å². The second kappa shape index (κ2) is 7.42. The van der Waals surface area contributed by atoms with Gasteiger partial charge in [-0.25, -0.2) is 0 Å². The van der Waals surface area contributed by atoms with E-state index in [0.717, 1.165) is 19.3 Å². The molecule has 3 N–H and O–H groups in total. The summed E-state index contributed by atoms with van der Waals surface area (Å²) >= 11 is 0. The molecule has 13 heavy (non-hydrogen) atoms. The topological polar surface area (TPSA) is 79.2 Å². The Hall–Kier alpha value is 0.0169. The van der Waals surface area contributed by atoms with E-state index in [1.165, 1.54) is 0 Å². The maximum atomic E-state index is 8.43. The number of ether oxygens (including phenoxy) is 1. The van der Waals surface area contributed by atoms with Crippen molar-refractivity contribution in [2.45, 2.75) is 26.2 Å². The van der Waals surface area contributed by atoms with Crippen molar-refractivity contribution >= 4 is 9.05 Å². The molecule has 0 aliphatic heterocycles. The van der Waals surface area contributed by atoms with Gasteiger partial charge in [0, 0.05) is 6.61 Å². The largest absolute Gasteiger partial charge is 0.671 e. The van der Waals surface area contributed by atoms with E-state index in [0.29, 0.717) is 6.61 Å². The molecule has 0 aliphatic carbocycles. The third-order valence-corrected chi connectivity index (χ3v) is 2.01. The molecular weight excluding hydrogens is 192 g/mol. The van der Waals surface area contributed by atoms with E-state index >= 15 is 0 Å². The molecule has 0 radical (unpaired) electrons. The summed E-state index contributed by atoms with van der Waals surface area (Å²) in [5.41, 5.74) is 0. The highest BCUT2D eigenvalue weighted by Gasteiger charge is 2.29. The fourth-order valence-electron chi connectivity index (χ4n) is 0.794. The first kappa shape index (κ1) is 13.0. The van der Waals surface area contributed by atoms with Crippen LogP contribution in [0.3, 0.4) is 0 Å². The first-order chi connectivity index (χ1) is 6.06. The van der Waals surface area contributed by atoms with E-state index in [2.05, 4.69) is 11.3 Å². The zero-order valence-corrected chi connectivity index (χ0v) is 8.90. The van der Waals surface area contributed by atoms with Crippen molar-refractivity contribution in [3.05, 3.63) is 0 Å². The molecule has 0 amide bonds. The maximum Gasteiger partial charge on any atom is 0.671 e. The van der Waals surface area contributed by atoms with E-state index in [1.807, 2.05) is 0 Å². The highest BCUT2D eigenvalue weighted by Crippen LogP contribution is 1.94. The van der Waals surface area contributed by atoms with E-state index in [4.69, 9.17) is 19.1 Å². The molecule has 0 aliphatic rings. The van der Waals surface area contributed by atoms with Gasteiger partial charge in [0.15, 0.2) is 0 Å². The van der Waals surface area contributed by atoms with Crippen LogP contribution >= 0.6 is 0 Å². The van der Waals surface area contributed by atoms with E-state index in [-0.39, 0.29) is 13.2 Å². The van der Waals surface area contributed by atoms with Crippen LogP contribution in [0.5, 0.6) is 0 Å². The summed E-state index contributed by atoms with van der Waals surface area (Å²) in [6, 6.07) is 0. The van der Waals surface area contributed by atoms with Crippen LogP contribution in [0.25, 0.3) is 0 Å². The molecular formula is C7H18O5Si. The molecule has 5 nitrogen and oxygen atoms in total. The average molecular weight is 210 g/mol. The van der Waals surface area contributed by atoms with Gasteiger partial charge < -0.3 is 23.5 Å². The average Bonchev–Trinajstić information content (AvgIpc) is 2.01. The summed E-state index contributed by atoms with van der Waals surface area (Å²) in [7, 11) is -4.31. The van der Waals surface area contributed by atoms with Crippen LogP contribution in [0.1, 0.15) is 26.2 Å². The molecule has 0 aromatic heterocycles. The van der Waals surface area contributed by atoms with Crippen LogP contribution in [-0.2, 0) is 9.16 Å². The van der Waals surface area contributed by atoms with Gasteiger partial charge in [0.25, 0.3) is 0 Å². The van der Waals surface area contributed by atoms with Crippen LogP contribution in [0.4, 0.5) is 0 Å². The lowest BCUT2D eigenvalue weighted by Gasteiger charge is -2.09. The van der Waals surface area contributed by atoms with Crippen molar-refractivity contribution in [3.63, 3.8) is 0 Å². The Morgan fingerprint density at radius 1 is 1.00 bits per heavy atom. The van der Waals surface area contributed by atoms with E-state index in [9.17, 15) is 0 Å². The Kier molecular flexibility index (Phi) is 7.43. The molecule has 80 valence electrons. The number of hydrogen-bond acceptors (Lipinski definition) is 5. The lowest BCUT2D eigenvalue weighted by atomic mass is 10.3. The molecule has 0 heterocycles. The van der Waals surface area contributed by atoms with Crippen LogP contribution in [0.15, 0.2) is 0 Å². The standard InChI is InChI=1S/C7H18O5Si/c1-2-3-4-5-11-6-7-12-13(8,9)10/h8-10H,2-7H2,1H3. The van der Waals surface area contributed by atoms with Gasteiger partial charge >= 0.3 is 9.05 Å². The van der Waals surface area contributed by atoms with Crippen molar-refractivity contribution < 1.29 is 23.5 Å². The lowest BCUT2D eigenvalue weighted by molar-refractivity contribution is 0.0265. The van der Waals surface area contributed by atoms with E-state index < -0.39 is 9.05 Å². The predicted molar refractivity (Wildman–Crippen MR) is 48.7 cm³/mol. The summed E-state index contributed by atoms with van der Waals surface area (Å²) in [5, 5.41) is 0. The number of hydrogen-bond donors (Lipinski definition) is 3. The normalized spacial score (nSPS) is 12.0. The van der Waals surface area contributed by atoms with Gasteiger partial charge in [0.05, 0.1) is 13.2 Å². The van der Waals surface area contributed by atoms with Gasteiger partial charge in [-0.3, -0.25) is 0 Å². The Morgan fingerprint density at radius 2 is 1.69 bits per heavy atom. The summed E-state index contributed by atoms with van der Waals surface area (Å²) in [4.78, 5) is 25.3. The fourth-order valence-corrected chi connectivity index (χ4v) is 1.15. The van der Waals surface area contributed by atoms with Crippen molar-refractivity contribution in [2.24, 2.45) is 0 Å². The molecule has 0 aromatic carbocycles. The van der Waals surface area contributed by atoms with Crippen molar-refractivity contribution in [1.29, 1.82) is 0 Å². The SMILES string of the molecule is CCCCCOCCO[Si](O)(O)O. The zero-order valence-electron chi connectivity index (χ0n) is 7.90. The Bertz CT molecular complexity index is 114. The van der Waals surface area contributed by atoms with Gasteiger partial charge in [0.2, 0.25) is 0 Å². The second-order valence-corrected chi connectivity index (χ2v) is 4.18. The van der Waals surface area contributed by atoms with Gasteiger partial charge in [0.1, 0.15) is 0 Å². The quantitative estimate of drug-likeness (QED) is 0.376. The first-order valence-corrected chi connectivity index (χ1v) is 6.20. The van der Waals surface area contributed by atoms with Crippen molar-refractivity contribution in [2.75, 3.05) is 19.8 Å². The molecule has 0 fully saturated rings. The zero-order chi connectivity index (χ0) is 10.2. The fraction of sp³-hybridized carbons (Fsp3) is 1.00. The molecule has 0 saturated heterocycles. The van der Waals surface area contributed by atoms with E-state index in [1.54, 1.807) is 0 Å². The summed E-state index contributed by atoms with van der Waals surface area (Å²) in [6.45, 7) is 3.04. The third-order valence-electron chi connectivity index (χ3n) is 1.42. The maximum absolute atomic E-state index is 8.43. The predicted octanol–water partition coefficient (Wildman–Crippen LogP) is -0.378. The van der Waals surface area contributed by atoms with Crippen LogP contribution in [0.2, 0.25) is 0 Å². The molecule has 0 aromatic rings. The van der Waals surface area contributed by atoms with Gasteiger partial charge in [-0.05, 0) is 6.42 Å². The summed E-state index contributed by atoms with van der Waals surface area (Å²) < 4.78 is 9.41. The molecule has 0 bridgehead atoms. The van der Waals surface area contributed by atoms with Crippen molar-refractivity contribution in [1.82, 2.24) is 0 Å². The van der Waals surface area contributed by atoms with Crippen LogP contribution < -0.4 is 0 Å². The molecule has 0 spiro atoms. The highest BCUT2D eigenvalue weighted by molar-refractivity contribution is 6.48. The molecule has 6 heteroatoms. The molecule has 0 saturated carbocycles. The molecule has 0 rings (SSSR count). The Morgan fingerprint density at radius 3 is 2.23 bits per heavy atom. The van der Waals surface area contributed by atoms with Gasteiger partial charge in [-0.15, -0.1) is 0 Å². The lowest BCUT2D eigenvalue weighted by Crippen LogP contribution is -2.39. The monoisotopic (exact) mass is 210 g/mol. The summed E-state index contributed by atoms with van der Waals surface area (Å²) in [5.74, 6) is 0. The smallest absolute Gasteiger partial charge is 0.379 e. The second-order valence-electron chi connectivity index (χ2n) is 2.74. The molecule has 0 atom stereocenters. The molecule has 0 unspecified atom stereocenters. The van der Waals surface area contributed by atoms with Gasteiger partial charge in [-0.1, -0.05) is 19.8 Å². The highest BCUT2D eigenvalue weighted by atomic mass is 28.4. The third kappa shape index (κ3) is 12.0. The van der Waals surface area contributed by atoms with Crippen LogP contribution in [0, 0.1) is 0 Å².